The van der Waals surface area contributed by atoms with Crippen LogP contribution in [0.4, 0.5) is 0 Å². The Labute approximate surface area is 217 Å². The molecule has 3 aromatic carbocycles. The molecule has 0 unspecified atom stereocenters. The first-order chi connectivity index (χ1) is 16.9. The number of hydrogen-bond donors (Lipinski definition) is 1. The fraction of sp³-hybridized carbons (Fsp3) is 0.310. The average Bonchev–Trinajstić information content (AvgIpc) is 2.89. The first kappa shape index (κ1) is 25.3. The van der Waals surface area contributed by atoms with E-state index in [1.54, 1.807) is 24.3 Å². The van der Waals surface area contributed by atoms with Crippen LogP contribution in [0.5, 0.6) is 0 Å². The zero-order valence-electron chi connectivity index (χ0n) is 19.6. The van der Waals surface area contributed by atoms with Gasteiger partial charge in [-0.2, -0.15) is 5.26 Å². The summed E-state index contributed by atoms with van der Waals surface area (Å²) in [5.41, 5.74) is 7.43. The largest absolute Gasteiger partial charge is 0.369 e. The Morgan fingerprint density at radius 3 is 1.89 bits per heavy atom. The standard InChI is InChI=1S/C29H29Cl2N3O/c30-25-11-7-23(8-12-25)29(27(33)35,24-9-13-26(31)14-10-24)15-4-18-34-19-16-28(21-32,17-20-34)22-5-2-1-3-6-22/h1-3,5-14H,4,15-20H2,(H2,33,35). The van der Waals surface area contributed by atoms with Crippen molar-refractivity contribution in [2.45, 2.75) is 36.5 Å². The van der Waals surface area contributed by atoms with Gasteiger partial charge in [-0.05, 0) is 86.3 Å². The Bertz CT molecular complexity index is 1130. The first-order valence-electron chi connectivity index (χ1n) is 11.9. The zero-order valence-corrected chi connectivity index (χ0v) is 21.1. The van der Waals surface area contributed by atoms with E-state index in [1.165, 1.54) is 0 Å². The van der Waals surface area contributed by atoms with Gasteiger partial charge in [0.2, 0.25) is 5.91 Å². The molecule has 0 radical (unpaired) electrons. The molecule has 0 saturated carbocycles. The van der Waals surface area contributed by atoms with Crippen molar-refractivity contribution in [3.8, 4) is 6.07 Å². The topological polar surface area (TPSA) is 70.1 Å². The van der Waals surface area contributed by atoms with Gasteiger partial charge in [-0.1, -0.05) is 77.8 Å². The molecule has 180 valence electrons. The van der Waals surface area contributed by atoms with Gasteiger partial charge in [0, 0.05) is 10.0 Å². The van der Waals surface area contributed by atoms with Gasteiger partial charge in [0.15, 0.2) is 0 Å². The fourth-order valence-corrected chi connectivity index (χ4v) is 5.53. The molecule has 35 heavy (non-hydrogen) atoms. The number of rotatable bonds is 8. The number of amides is 1. The van der Waals surface area contributed by atoms with Crippen LogP contribution < -0.4 is 5.73 Å². The van der Waals surface area contributed by atoms with E-state index >= 15 is 0 Å². The summed E-state index contributed by atoms with van der Waals surface area (Å²) in [5.74, 6) is -0.395. The zero-order chi connectivity index (χ0) is 24.9. The van der Waals surface area contributed by atoms with Crippen LogP contribution in [0.3, 0.4) is 0 Å². The number of carbonyl (C=O) groups excluding carboxylic acids is 1. The van der Waals surface area contributed by atoms with E-state index < -0.39 is 16.7 Å². The quantitative estimate of drug-likeness (QED) is 0.401. The van der Waals surface area contributed by atoms with Gasteiger partial charge < -0.3 is 10.6 Å². The lowest BCUT2D eigenvalue weighted by molar-refractivity contribution is -0.122. The molecular formula is C29H29Cl2N3O. The molecule has 4 nitrogen and oxygen atoms in total. The smallest absolute Gasteiger partial charge is 0.232 e. The molecule has 1 aliphatic heterocycles. The maximum absolute atomic E-state index is 13.1. The Morgan fingerprint density at radius 1 is 0.914 bits per heavy atom. The van der Waals surface area contributed by atoms with E-state index in [0.717, 1.165) is 55.6 Å². The molecule has 0 spiro atoms. The second kappa shape index (κ2) is 10.8. The highest BCUT2D eigenvalue weighted by molar-refractivity contribution is 6.30. The van der Waals surface area contributed by atoms with Gasteiger partial charge in [-0.15, -0.1) is 0 Å². The average molecular weight is 506 g/mol. The van der Waals surface area contributed by atoms with Crippen LogP contribution in [0, 0.1) is 11.3 Å². The molecule has 0 aromatic heterocycles. The van der Waals surface area contributed by atoms with Crippen LogP contribution in [0.1, 0.15) is 42.4 Å². The number of halogens is 2. The third-order valence-corrected chi connectivity index (χ3v) is 7.87. The summed E-state index contributed by atoms with van der Waals surface area (Å²) < 4.78 is 0. The number of nitriles is 1. The molecule has 1 aliphatic rings. The maximum atomic E-state index is 13.1. The molecule has 2 N–H and O–H groups in total. The minimum atomic E-state index is -0.981. The van der Waals surface area contributed by atoms with Gasteiger partial charge in [0.05, 0.1) is 16.9 Å². The van der Waals surface area contributed by atoms with Crippen molar-refractivity contribution in [2.24, 2.45) is 5.73 Å². The summed E-state index contributed by atoms with van der Waals surface area (Å²) in [6.07, 6.45) is 2.93. The van der Waals surface area contributed by atoms with E-state index in [9.17, 15) is 10.1 Å². The van der Waals surface area contributed by atoms with Crippen molar-refractivity contribution in [1.29, 1.82) is 5.26 Å². The Balaban J connectivity index is 1.50. The van der Waals surface area contributed by atoms with Gasteiger partial charge >= 0.3 is 0 Å². The third-order valence-electron chi connectivity index (χ3n) is 7.37. The van der Waals surface area contributed by atoms with Crippen LogP contribution in [0.15, 0.2) is 78.9 Å². The van der Waals surface area contributed by atoms with Crippen LogP contribution >= 0.6 is 23.2 Å². The summed E-state index contributed by atoms with van der Waals surface area (Å²) in [4.78, 5) is 15.4. The van der Waals surface area contributed by atoms with E-state index in [-0.39, 0.29) is 0 Å². The number of nitrogens with two attached hydrogens (primary N) is 1. The van der Waals surface area contributed by atoms with E-state index in [1.807, 2.05) is 42.5 Å². The molecule has 4 rings (SSSR count). The molecule has 1 saturated heterocycles. The summed E-state index contributed by atoms with van der Waals surface area (Å²) in [7, 11) is 0. The highest BCUT2D eigenvalue weighted by Crippen LogP contribution is 2.39. The Kier molecular flexibility index (Phi) is 7.82. The molecule has 3 aromatic rings. The molecule has 1 amide bonds. The highest BCUT2D eigenvalue weighted by Gasteiger charge is 2.41. The lowest BCUT2D eigenvalue weighted by Gasteiger charge is -2.38. The summed E-state index contributed by atoms with van der Waals surface area (Å²) in [6, 6.07) is 27.4. The van der Waals surface area contributed by atoms with Crippen molar-refractivity contribution in [3.63, 3.8) is 0 Å². The van der Waals surface area contributed by atoms with Crippen molar-refractivity contribution >= 4 is 29.1 Å². The monoisotopic (exact) mass is 505 g/mol. The van der Waals surface area contributed by atoms with Crippen molar-refractivity contribution in [3.05, 3.63) is 106 Å². The molecule has 1 heterocycles. The van der Waals surface area contributed by atoms with Gasteiger partial charge in [0.1, 0.15) is 0 Å². The predicted octanol–water partition coefficient (Wildman–Crippen LogP) is 6.10. The predicted molar refractivity (Wildman–Crippen MR) is 142 cm³/mol. The van der Waals surface area contributed by atoms with Crippen molar-refractivity contribution < 1.29 is 4.79 Å². The van der Waals surface area contributed by atoms with Crippen LogP contribution in [0.25, 0.3) is 0 Å². The molecule has 0 atom stereocenters. The van der Waals surface area contributed by atoms with Crippen molar-refractivity contribution in [2.75, 3.05) is 19.6 Å². The number of piperidine rings is 1. The lowest BCUT2D eigenvalue weighted by atomic mass is 9.70. The highest BCUT2D eigenvalue weighted by atomic mass is 35.5. The Morgan fingerprint density at radius 2 is 1.43 bits per heavy atom. The minimum Gasteiger partial charge on any atom is -0.369 e. The minimum absolute atomic E-state index is 0.395. The van der Waals surface area contributed by atoms with E-state index in [4.69, 9.17) is 28.9 Å². The third kappa shape index (κ3) is 5.23. The Hall–Kier alpha value is -2.84. The number of primary amides is 1. The molecular weight excluding hydrogens is 477 g/mol. The normalized spacial score (nSPS) is 15.9. The molecule has 6 heteroatoms. The summed E-state index contributed by atoms with van der Waals surface area (Å²) in [5, 5.41) is 11.2. The lowest BCUT2D eigenvalue weighted by Crippen LogP contribution is -2.44. The SMILES string of the molecule is N#CC1(c2ccccc2)CCN(CCCC(C(N)=O)(c2ccc(Cl)cc2)c2ccc(Cl)cc2)CC1. The molecule has 0 aliphatic carbocycles. The second-order valence-corrected chi connectivity index (χ2v) is 10.2. The number of hydrogen-bond acceptors (Lipinski definition) is 3. The first-order valence-corrected chi connectivity index (χ1v) is 12.7. The fourth-order valence-electron chi connectivity index (χ4n) is 5.28. The van der Waals surface area contributed by atoms with Crippen LogP contribution in [-0.4, -0.2) is 30.4 Å². The summed E-state index contributed by atoms with van der Waals surface area (Å²) >= 11 is 12.3. The van der Waals surface area contributed by atoms with Gasteiger partial charge in [-0.3, -0.25) is 4.79 Å². The van der Waals surface area contributed by atoms with Gasteiger partial charge in [0.25, 0.3) is 0 Å². The van der Waals surface area contributed by atoms with Gasteiger partial charge in [-0.25, -0.2) is 0 Å². The number of carbonyl (C=O) groups is 1. The maximum Gasteiger partial charge on any atom is 0.232 e. The van der Waals surface area contributed by atoms with E-state index in [2.05, 4.69) is 23.1 Å². The summed E-state index contributed by atoms with van der Waals surface area (Å²) in [6.45, 7) is 2.51. The van der Waals surface area contributed by atoms with Crippen molar-refractivity contribution in [1.82, 2.24) is 4.90 Å². The number of nitrogens with zero attached hydrogens (tertiary/aromatic N) is 2. The molecule has 1 fully saturated rings. The number of likely N-dealkylation sites (tertiary alicyclic amines) is 1. The number of benzene rings is 3. The van der Waals surface area contributed by atoms with Crippen LogP contribution in [0.2, 0.25) is 10.0 Å². The molecule has 0 bridgehead atoms. The second-order valence-electron chi connectivity index (χ2n) is 9.29. The van der Waals surface area contributed by atoms with E-state index in [0.29, 0.717) is 16.5 Å². The van der Waals surface area contributed by atoms with Crippen LogP contribution in [-0.2, 0) is 15.6 Å².